The molecule has 0 spiro atoms. The summed E-state index contributed by atoms with van der Waals surface area (Å²) in [5, 5.41) is 16.9. The SMILES string of the molecule is CCn1nc(C)cc1C(=O)Nc1nc2cc(C(N)=O)ccc2n1O. The number of hydrogen-bond acceptors (Lipinski definition) is 5. The van der Waals surface area contributed by atoms with Crippen LogP contribution < -0.4 is 11.1 Å². The van der Waals surface area contributed by atoms with E-state index < -0.39 is 11.8 Å². The Labute approximate surface area is 136 Å². The molecule has 9 nitrogen and oxygen atoms in total. The van der Waals surface area contributed by atoms with Crippen molar-refractivity contribution in [2.75, 3.05) is 5.32 Å². The summed E-state index contributed by atoms with van der Waals surface area (Å²) in [6, 6.07) is 6.06. The molecule has 0 fully saturated rings. The molecule has 0 unspecified atom stereocenters. The van der Waals surface area contributed by atoms with Crippen LogP contribution in [-0.2, 0) is 6.54 Å². The van der Waals surface area contributed by atoms with Gasteiger partial charge in [-0.15, -0.1) is 4.73 Å². The van der Waals surface area contributed by atoms with Crippen LogP contribution in [0.5, 0.6) is 0 Å². The number of aromatic nitrogens is 4. The van der Waals surface area contributed by atoms with Gasteiger partial charge in [-0.25, -0.2) is 4.98 Å². The van der Waals surface area contributed by atoms with Crippen LogP contribution in [0, 0.1) is 6.92 Å². The van der Waals surface area contributed by atoms with Gasteiger partial charge >= 0.3 is 0 Å². The van der Waals surface area contributed by atoms with E-state index in [4.69, 9.17) is 5.73 Å². The number of amides is 2. The van der Waals surface area contributed by atoms with Crippen LogP contribution in [-0.4, -0.2) is 36.5 Å². The third-order valence-electron chi connectivity index (χ3n) is 3.57. The zero-order valence-corrected chi connectivity index (χ0v) is 13.1. The molecule has 0 radical (unpaired) electrons. The number of aryl methyl sites for hydroxylation is 2. The summed E-state index contributed by atoms with van der Waals surface area (Å²) in [6.45, 7) is 4.19. The fourth-order valence-electron chi connectivity index (χ4n) is 2.44. The van der Waals surface area contributed by atoms with Gasteiger partial charge < -0.3 is 10.9 Å². The normalized spacial score (nSPS) is 10.9. The highest BCUT2D eigenvalue weighted by atomic mass is 16.5. The largest absolute Gasteiger partial charge is 0.425 e. The van der Waals surface area contributed by atoms with Gasteiger partial charge in [-0.05, 0) is 38.1 Å². The van der Waals surface area contributed by atoms with Crippen molar-refractivity contribution < 1.29 is 14.8 Å². The van der Waals surface area contributed by atoms with E-state index in [1.165, 1.54) is 18.2 Å². The topological polar surface area (TPSA) is 128 Å². The van der Waals surface area contributed by atoms with E-state index in [9.17, 15) is 14.8 Å². The van der Waals surface area contributed by atoms with Crippen molar-refractivity contribution >= 4 is 28.8 Å². The Morgan fingerprint density at radius 1 is 1.33 bits per heavy atom. The van der Waals surface area contributed by atoms with Crippen molar-refractivity contribution in [3.05, 3.63) is 41.2 Å². The first-order valence-electron chi connectivity index (χ1n) is 7.28. The fraction of sp³-hybridized carbons (Fsp3) is 0.200. The molecule has 1 aromatic carbocycles. The number of fused-ring (bicyclic) bond motifs is 1. The lowest BCUT2D eigenvalue weighted by molar-refractivity contribution is 0.0995. The van der Waals surface area contributed by atoms with Gasteiger partial charge in [0.1, 0.15) is 11.2 Å². The lowest BCUT2D eigenvalue weighted by Gasteiger charge is -2.05. The minimum absolute atomic E-state index is 0.0573. The van der Waals surface area contributed by atoms with E-state index in [-0.39, 0.29) is 11.5 Å². The van der Waals surface area contributed by atoms with Gasteiger partial charge in [0.25, 0.3) is 5.91 Å². The average molecular weight is 328 g/mol. The Balaban J connectivity index is 1.96. The number of primary amides is 1. The minimum Gasteiger partial charge on any atom is -0.425 e. The maximum atomic E-state index is 12.4. The van der Waals surface area contributed by atoms with Crippen molar-refractivity contribution in [1.29, 1.82) is 0 Å². The summed E-state index contributed by atoms with van der Waals surface area (Å²) >= 11 is 0. The molecule has 9 heteroatoms. The third kappa shape index (κ3) is 2.56. The number of rotatable bonds is 4. The summed E-state index contributed by atoms with van der Waals surface area (Å²) in [7, 11) is 0. The Hall–Kier alpha value is -3.36. The predicted octanol–water partition coefficient (Wildman–Crippen LogP) is 1.15. The van der Waals surface area contributed by atoms with Crippen LogP contribution >= 0.6 is 0 Å². The number of hydrogen-bond donors (Lipinski definition) is 3. The van der Waals surface area contributed by atoms with E-state index in [1.807, 2.05) is 6.92 Å². The maximum absolute atomic E-state index is 12.4. The van der Waals surface area contributed by atoms with E-state index in [1.54, 1.807) is 17.7 Å². The number of nitrogens with one attached hydrogen (secondary N) is 1. The molecule has 0 saturated carbocycles. The van der Waals surface area contributed by atoms with Crippen LogP contribution in [0.1, 0.15) is 33.5 Å². The zero-order valence-electron chi connectivity index (χ0n) is 13.1. The Kier molecular flexibility index (Phi) is 3.68. The highest BCUT2D eigenvalue weighted by Crippen LogP contribution is 2.20. The first kappa shape index (κ1) is 15.5. The van der Waals surface area contributed by atoms with Crippen molar-refractivity contribution in [2.24, 2.45) is 5.73 Å². The molecule has 4 N–H and O–H groups in total. The summed E-state index contributed by atoms with van der Waals surface area (Å²) in [5.74, 6) is -1.10. The highest BCUT2D eigenvalue weighted by molar-refractivity contribution is 6.03. The van der Waals surface area contributed by atoms with Crippen LogP contribution in [0.4, 0.5) is 5.95 Å². The van der Waals surface area contributed by atoms with Gasteiger partial charge in [0.15, 0.2) is 0 Å². The van der Waals surface area contributed by atoms with Crippen molar-refractivity contribution in [3.63, 3.8) is 0 Å². The van der Waals surface area contributed by atoms with Crippen LogP contribution in [0.15, 0.2) is 24.3 Å². The average Bonchev–Trinajstić information content (AvgIpc) is 3.07. The van der Waals surface area contributed by atoms with Gasteiger partial charge in [0.05, 0.1) is 11.2 Å². The molecule has 3 rings (SSSR count). The molecule has 24 heavy (non-hydrogen) atoms. The molecule has 3 aromatic rings. The first-order valence-corrected chi connectivity index (χ1v) is 7.28. The Bertz CT molecular complexity index is 956. The molecule has 0 saturated heterocycles. The number of benzene rings is 1. The van der Waals surface area contributed by atoms with E-state index in [2.05, 4.69) is 15.4 Å². The molecule has 0 atom stereocenters. The monoisotopic (exact) mass is 328 g/mol. The molecule has 124 valence electrons. The second-order valence-electron chi connectivity index (χ2n) is 5.26. The minimum atomic E-state index is -0.600. The zero-order chi connectivity index (χ0) is 17.4. The van der Waals surface area contributed by atoms with Gasteiger partial charge in [-0.1, -0.05) is 0 Å². The first-order chi connectivity index (χ1) is 11.4. The summed E-state index contributed by atoms with van der Waals surface area (Å²) < 4.78 is 2.30. The quantitative estimate of drug-likeness (QED) is 0.619. The summed E-state index contributed by atoms with van der Waals surface area (Å²) in [4.78, 5) is 27.7. The number of carbonyl (C=O) groups is 2. The molecular weight excluding hydrogens is 312 g/mol. The number of carbonyl (C=O) groups excluding carboxylic acids is 2. The maximum Gasteiger partial charge on any atom is 0.276 e. The Morgan fingerprint density at radius 3 is 2.75 bits per heavy atom. The molecule has 2 aromatic heterocycles. The molecule has 0 aliphatic rings. The third-order valence-corrected chi connectivity index (χ3v) is 3.57. The smallest absolute Gasteiger partial charge is 0.276 e. The molecule has 0 bridgehead atoms. The Morgan fingerprint density at radius 2 is 2.08 bits per heavy atom. The summed E-state index contributed by atoms with van der Waals surface area (Å²) in [5.41, 5.74) is 7.24. The van der Waals surface area contributed by atoms with Crippen LogP contribution in [0.3, 0.4) is 0 Å². The number of nitrogens with zero attached hydrogens (tertiary/aromatic N) is 4. The number of nitrogens with two attached hydrogens (primary N) is 1. The lowest BCUT2D eigenvalue weighted by Crippen LogP contribution is -2.19. The van der Waals surface area contributed by atoms with E-state index in [0.717, 1.165) is 4.73 Å². The number of anilines is 1. The number of imidazole rings is 1. The van der Waals surface area contributed by atoms with Crippen LogP contribution in [0.2, 0.25) is 0 Å². The molecular formula is C15H16N6O3. The van der Waals surface area contributed by atoms with Gasteiger partial charge in [0, 0.05) is 12.1 Å². The lowest BCUT2D eigenvalue weighted by atomic mass is 10.2. The molecule has 2 heterocycles. The van der Waals surface area contributed by atoms with Gasteiger partial charge in [-0.3, -0.25) is 19.6 Å². The van der Waals surface area contributed by atoms with Crippen molar-refractivity contribution in [2.45, 2.75) is 20.4 Å². The van der Waals surface area contributed by atoms with E-state index >= 15 is 0 Å². The summed E-state index contributed by atoms with van der Waals surface area (Å²) in [6.07, 6.45) is 0. The molecule has 2 amide bonds. The van der Waals surface area contributed by atoms with Gasteiger partial charge in [0.2, 0.25) is 11.9 Å². The second kappa shape index (κ2) is 5.69. The standard InChI is InChI=1S/C15H16N6O3/c1-3-20-12(6-8(2)19-20)14(23)18-15-17-10-7-9(13(16)22)4-5-11(10)21(15)24/h4-7,24H,3H2,1-2H3,(H2,16,22)(H,17,18,23). The predicted molar refractivity (Wildman–Crippen MR) is 86.0 cm³/mol. The van der Waals surface area contributed by atoms with E-state index in [0.29, 0.717) is 29.0 Å². The van der Waals surface area contributed by atoms with Gasteiger partial charge in [-0.2, -0.15) is 5.10 Å². The van der Waals surface area contributed by atoms with Crippen molar-refractivity contribution in [3.8, 4) is 0 Å². The molecule has 0 aliphatic carbocycles. The fourth-order valence-corrected chi connectivity index (χ4v) is 2.44. The highest BCUT2D eigenvalue weighted by Gasteiger charge is 2.18. The second-order valence-corrected chi connectivity index (χ2v) is 5.26. The molecule has 0 aliphatic heterocycles. The van der Waals surface area contributed by atoms with Crippen molar-refractivity contribution in [1.82, 2.24) is 19.5 Å². The van der Waals surface area contributed by atoms with Crippen LogP contribution in [0.25, 0.3) is 11.0 Å².